The largest absolute Gasteiger partial charge is 0.262 e. The van der Waals surface area contributed by atoms with E-state index in [1.54, 1.807) is 0 Å². The van der Waals surface area contributed by atoms with E-state index in [0.29, 0.717) is 5.92 Å². The second kappa shape index (κ2) is 21.5. The van der Waals surface area contributed by atoms with Crippen LogP contribution in [0.4, 0.5) is 0 Å². The SMILES string of the molecule is CCCCCCCCCCCCCCCC[C@H](CCCCCCCC)c1[nH]cc[n+]1-c1ccccc1. The molecule has 1 aromatic heterocycles. The van der Waals surface area contributed by atoms with Crippen LogP contribution in [0.3, 0.4) is 0 Å². The van der Waals surface area contributed by atoms with Gasteiger partial charge in [0.2, 0.25) is 0 Å². The number of imidazole rings is 1. The van der Waals surface area contributed by atoms with Crippen molar-refractivity contribution in [3.05, 3.63) is 48.5 Å². The van der Waals surface area contributed by atoms with Gasteiger partial charge in [-0.3, -0.25) is 0 Å². The Labute approximate surface area is 224 Å². The van der Waals surface area contributed by atoms with E-state index in [4.69, 9.17) is 0 Å². The number of nitrogens with zero attached hydrogens (tertiary/aromatic N) is 1. The zero-order chi connectivity index (χ0) is 25.5. The molecule has 1 aromatic carbocycles. The first-order valence-electron chi connectivity index (χ1n) is 16.0. The monoisotopic (exact) mass is 495 g/mol. The molecule has 0 aliphatic carbocycles. The maximum atomic E-state index is 3.63. The first-order chi connectivity index (χ1) is 17.9. The molecular formula is C34H59N2+. The smallest absolute Gasteiger partial charge is 0.247 e. The molecule has 0 saturated carbocycles. The van der Waals surface area contributed by atoms with E-state index in [1.807, 2.05) is 0 Å². The second-order valence-electron chi connectivity index (χ2n) is 11.2. The predicted molar refractivity (Wildman–Crippen MR) is 158 cm³/mol. The highest BCUT2D eigenvalue weighted by atomic mass is 15.1. The standard InChI is InChI=1S/C34H58N2/c1-3-5-7-9-11-12-13-14-15-16-17-18-20-23-27-32(26-22-19-10-8-6-4-2)34-35-30-31-36(34)33-28-24-21-25-29-33/h21,24-25,28-32H,3-20,22-23,26-27H2,1-2H3/p+1/t32-/m0/s1. The van der Waals surface area contributed by atoms with Crippen molar-refractivity contribution in [3.8, 4) is 5.69 Å². The van der Waals surface area contributed by atoms with Crippen LogP contribution in [-0.2, 0) is 0 Å². The van der Waals surface area contributed by atoms with Crippen LogP contribution in [0.15, 0.2) is 42.7 Å². The van der Waals surface area contributed by atoms with Gasteiger partial charge in [0.05, 0.1) is 5.92 Å². The molecule has 0 fully saturated rings. The van der Waals surface area contributed by atoms with Crippen LogP contribution in [-0.4, -0.2) is 4.98 Å². The number of nitrogens with one attached hydrogen (secondary N) is 1. The summed E-state index contributed by atoms with van der Waals surface area (Å²) in [6.07, 6.45) is 35.3. The highest BCUT2D eigenvalue weighted by Gasteiger charge is 2.23. The minimum Gasteiger partial charge on any atom is -0.247 e. The third-order valence-electron chi connectivity index (χ3n) is 7.95. The van der Waals surface area contributed by atoms with Crippen molar-refractivity contribution in [2.45, 2.75) is 161 Å². The second-order valence-corrected chi connectivity index (χ2v) is 11.2. The van der Waals surface area contributed by atoms with Crippen molar-refractivity contribution in [1.82, 2.24) is 4.98 Å². The molecular weight excluding hydrogens is 436 g/mol. The van der Waals surface area contributed by atoms with Crippen LogP contribution in [0.5, 0.6) is 0 Å². The molecule has 2 rings (SSSR count). The van der Waals surface area contributed by atoms with E-state index in [9.17, 15) is 0 Å². The molecule has 204 valence electrons. The van der Waals surface area contributed by atoms with Crippen LogP contribution in [0.2, 0.25) is 0 Å². The van der Waals surface area contributed by atoms with Crippen LogP contribution >= 0.6 is 0 Å². The van der Waals surface area contributed by atoms with Gasteiger partial charge in [0, 0.05) is 0 Å². The lowest BCUT2D eigenvalue weighted by atomic mass is 9.93. The molecule has 2 aromatic rings. The summed E-state index contributed by atoms with van der Waals surface area (Å²) < 4.78 is 2.39. The summed E-state index contributed by atoms with van der Waals surface area (Å²) >= 11 is 0. The molecule has 0 spiro atoms. The number of hydrogen-bond acceptors (Lipinski definition) is 0. The molecule has 0 saturated heterocycles. The van der Waals surface area contributed by atoms with Crippen molar-refractivity contribution < 1.29 is 4.57 Å². The van der Waals surface area contributed by atoms with E-state index >= 15 is 0 Å². The molecule has 2 nitrogen and oxygen atoms in total. The van der Waals surface area contributed by atoms with Gasteiger partial charge >= 0.3 is 0 Å². The summed E-state index contributed by atoms with van der Waals surface area (Å²) in [5.41, 5.74) is 1.28. The maximum absolute atomic E-state index is 3.63. The Morgan fingerprint density at radius 2 is 0.972 bits per heavy atom. The Bertz CT molecular complexity index is 720. The number of aromatic nitrogens is 2. The number of rotatable bonds is 24. The zero-order valence-electron chi connectivity index (χ0n) is 24.1. The van der Waals surface area contributed by atoms with Gasteiger partial charge in [0.15, 0.2) is 0 Å². The molecule has 0 amide bonds. The molecule has 1 atom stereocenters. The molecule has 0 aliphatic rings. The number of hydrogen-bond donors (Lipinski definition) is 1. The molecule has 0 bridgehead atoms. The summed E-state index contributed by atoms with van der Waals surface area (Å²) in [6, 6.07) is 10.9. The van der Waals surface area contributed by atoms with Gasteiger partial charge in [0.1, 0.15) is 18.1 Å². The quantitative estimate of drug-likeness (QED) is 0.110. The third kappa shape index (κ3) is 13.7. The summed E-state index contributed by atoms with van der Waals surface area (Å²) in [6.45, 7) is 4.61. The predicted octanol–water partition coefficient (Wildman–Crippen LogP) is 11.0. The van der Waals surface area contributed by atoms with E-state index < -0.39 is 0 Å². The van der Waals surface area contributed by atoms with Crippen LogP contribution in [0.1, 0.15) is 167 Å². The van der Waals surface area contributed by atoms with E-state index in [0.717, 1.165) is 0 Å². The summed E-state index contributed by atoms with van der Waals surface area (Å²) in [5, 5.41) is 0. The molecule has 1 heterocycles. The van der Waals surface area contributed by atoms with Crippen molar-refractivity contribution in [2.75, 3.05) is 0 Å². The van der Waals surface area contributed by atoms with Gasteiger partial charge in [-0.2, -0.15) is 4.57 Å². The number of benzene rings is 1. The summed E-state index contributed by atoms with van der Waals surface area (Å²) in [4.78, 5) is 3.63. The Kier molecular flexibility index (Phi) is 18.3. The van der Waals surface area contributed by atoms with Gasteiger partial charge in [0.25, 0.3) is 5.82 Å². The van der Waals surface area contributed by atoms with Crippen molar-refractivity contribution in [3.63, 3.8) is 0 Å². The topological polar surface area (TPSA) is 19.7 Å². The van der Waals surface area contributed by atoms with E-state index in [2.05, 4.69) is 66.1 Å². The number of para-hydroxylation sites is 1. The lowest BCUT2D eigenvalue weighted by Crippen LogP contribution is -2.34. The molecule has 36 heavy (non-hydrogen) atoms. The van der Waals surface area contributed by atoms with Gasteiger partial charge in [-0.15, -0.1) is 0 Å². The van der Waals surface area contributed by atoms with Gasteiger partial charge in [-0.1, -0.05) is 160 Å². The fourth-order valence-electron chi connectivity index (χ4n) is 5.65. The Balaban J connectivity index is 1.66. The Morgan fingerprint density at radius 1 is 0.556 bits per heavy atom. The minimum absolute atomic E-state index is 0.642. The normalized spacial score (nSPS) is 12.3. The molecule has 0 aliphatic heterocycles. The van der Waals surface area contributed by atoms with Crippen molar-refractivity contribution in [2.24, 2.45) is 0 Å². The molecule has 1 N–H and O–H groups in total. The summed E-state index contributed by atoms with van der Waals surface area (Å²) in [7, 11) is 0. The van der Waals surface area contributed by atoms with Gasteiger partial charge < -0.3 is 0 Å². The minimum atomic E-state index is 0.642. The first-order valence-corrected chi connectivity index (χ1v) is 16.0. The Morgan fingerprint density at radius 3 is 1.42 bits per heavy atom. The number of aromatic amines is 1. The van der Waals surface area contributed by atoms with Gasteiger partial charge in [-0.05, 0) is 25.0 Å². The van der Waals surface area contributed by atoms with E-state index in [1.165, 1.54) is 153 Å². The lowest BCUT2D eigenvalue weighted by Gasteiger charge is -2.14. The maximum Gasteiger partial charge on any atom is 0.262 e. The Hall–Kier alpha value is -1.57. The van der Waals surface area contributed by atoms with E-state index in [-0.39, 0.29) is 0 Å². The molecule has 0 radical (unpaired) electrons. The fraction of sp³-hybridized carbons (Fsp3) is 0.735. The number of H-pyrrole nitrogens is 1. The highest BCUT2D eigenvalue weighted by molar-refractivity contribution is 5.22. The molecule has 0 unspecified atom stereocenters. The van der Waals surface area contributed by atoms with Crippen molar-refractivity contribution in [1.29, 1.82) is 0 Å². The average Bonchev–Trinajstić information content (AvgIpc) is 3.40. The van der Waals surface area contributed by atoms with Gasteiger partial charge in [-0.25, -0.2) is 4.98 Å². The van der Waals surface area contributed by atoms with Crippen LogP contribution in [0, 0.1) is 0 Å². The summed E-state index contributed by atoms with van der Waals surface area (Å²) in [5.74, 6) is 2.05. The third-order valence-corrected chi connectivity index (χ3v) is 7.95. The van der Waals surface area contributed by atoms with Crippen LogP contribution in [0.25, 0.3) is 5.69 Å². The zero-order valence-corrected chi connectivity index (χ0v) is 24.1. The fourth-order valence-corrected chi connectivity index (χ4v) is 5.65. The van der Waals surface area contributed by atoms with Crippen LogP contribution < -0.4 is 4.57 Å². The lowest BCUT2D eigenvalue weighted by molar-refractivity contribution is -0.604. The highest BCUT2D eigenvalue weighted by Crippen LogP contribution is 2.27. The number of unbranched alkanes of at least 4 members (excludes halogenated alkanes) is 18. The molecule has 2 heteroatoms. The van der Waals surface area contributed by atoms with Crippen molar-refractivity contribution >= 4 is 0 Å². The first kappa shape index (κ1) is 30.7. The average molecular weight is 496 g/mol.